The van der Waals surface area contributed by atoms with Crippen molar-refractivity contribution >= 4 is 39.8 Å². The second kappa shape index (κ2) is 13.6. The minimum atomic E-state index is -1.38. The molecule has 6 N–H and O–H groups in total. The molecule has 0 bridgehead atoms. The minimum Gasteiger partial charge on any atom is -0.479 e. The van der Waals surface area contributed by atoms with Gasteiger partial charge in [-0.3, -0.25) is 9.59 Å². The number of nitrogens with one attached hydrogen (secondary N) is 5. The van der Waals surface area contributed by atoms with Crippen LogP contribution in [0.3, 0.4) is 0 Å². The number of fused-ring (bicyclic) bond motifs is 2. The van der Waals surface area contributed by atoms with E-state index in [-0.39, 0.29) is 37.0 Å². The van der Waals surface area contributed by atoms with E-state index in [0.29, 0.717) is 30.0 Å². The maximum Gasteiger partial charge on any atom is 0.408 e. The van der Waals surface area contributed by atoms with Crippen LogP contribution < -0.4 is 27.0 Å². The number of halogens is 1. The fourth-order valence-corrected chi connectivity index (χ4v) is 7.85. The molecule has 2 aliphatic carbocycles. The number of ether oxygens (including phenoxy) is 1. The van der Waals surface area contributed by atoms with Crippen LogP contribution in [0.2, 0.25) is 0 Å². The van der Waals surface area contributed by atoms with E-state index in [4.69, 9.17) is 4.74 Å². The monoisotopic (exact) mass is 681 g/mol. The maximum absolute atomic E-state index is 14.2. The average molecular weight is 683 g/mol. The van der Waals surface area contributed by atoms with Crippen LogP contribution in [0.15, 0.2) is 12.2 Å². The number of hydrogen-bond donors (Lipinski definition) is 6. The number of hydrazine groups is 3. The summed E-state index contributed by atoms with van der Waals surface area (Å²) in [6.45, 7) is 5.49. The Kier molecular flexibility index (Phi) is 10.2. The highest BCUT2D eigenvalue weighted by Crippen LogP contribution is 2.45. The zero-order chi connectivity index (χ0) is 31.6. The van der Waals surface area contributed by atoms with Crippen molar-refractivity contribution in [1.29, 1.82) is 0 Å². The second-order valence-electron chi connectivity index (χ2n) is 13.9. The van der Waals surface area contributed by atoms with Crippen LogP contribution in [-0.2, 0) is 19.1 Å². The number of nitrogens with zero attached hydrogens (tertiary/aromatic N) is 2. The Balaban J connectivity index is 1.37. The Labute approximate surface area is 267 Å². The number of amides is 3. The van der Waals surface area contributed by atoms with Crippen molar-refractivity contribution in [2.75, 3.05) is 6.54 Å². The number of alkyl halides is 1. The van der Waals surface area contributed by atoms with Gasteiger partial charge in [0.1, 0.15) is 23.2 Å². The van der Waals surface area contributed by atoms with Gasteiger partial charge in [0.25, 0.3) is 0 Å². The van der Waals surface area contributed by atoms with Crippen molar-refractivity contribution < 1.29 is 29.0 Å². The molecule has 3 amide bonds. The van der Waals surface area contributed by atoms with Crippen LogP contribution in [0.25, 0.3) is 0 Å². The molecule has 0 aromatic carbocycles. The van der Waals surface area contributed by atoms with Crippen molar-refractivity contribution in [2.24, 2.45) is 11.8 Å². The lowest BCUT2D eigenvalue weighted by molar-refractivity contribution is -0.145. The summed E-state index contributed by atoms with van der Waals surface area (Å²) in [6, 6.07) is -2.09. The van der Waals surface area contributed by atoms with Crippen molar-refractivity contribution in [1.82, 2.24) is 37.0 Å². The molecule has 13 nitrogen and oxygen atoms in total. The highest BCUT2D eigenvalue weighted by atomic mass is 79.9. The number of carboxylic acid groups (broad SMARTS) is 1. The van der Waals surface area contributed by atoms with Gasteiger partial charge in [-0.2, -0.15) is 10.7 Å². The fraction of sp³-hybridized carbons (Fsp3) is 0.800. The number of carbonyl (C=O) groups is 4. The van der Waals surface area contributed by atoms with E-state index in [0.717, 1.165) is 38.5 Å². The van der Waals surface area contributed by atoms with E-state index in [2.05, 4.69) is 42.9 Å². The van der Waals surface area contributed by atoms with Crippen molar-refractivity contribution in [3.8, 4) is 0 Å². The Morgan fingerprint density at radius 2 is 1.86 bits per heavy atom. The average Bonchev–Trinajstić information content (AvgIpc) is 3.26. The van der Waals surface area contributed by atoms with Crippen LogP contribution in [0.1, 0.15) is 91.4 Å². The number of carbonyl (C=O) groups excluding carboxylic acids is 3. The SMILES string of the molecule is CC(C)(C)OC(=O)N[C@H]1CCCCC/C=C\[C@@H]2C[C@@]2(C(=O)O)NC(=O)[C@@H]2C[C@@H](N3NNC(C4CCCCC4Br)N3)CN2C1=O. The second-order valence-corrected chi connectivity index (χ2v) is 15.1. The van der Waals surface area contributed by atoms with Crippen LogP contribution in [0.4, 0.5) is 4.79 Å². The van der Waals surface area contributed by atoms with Gasteiger partial charge >= 0.3 is 12.1 Å². The number of hydrogen-bond acceptors (Lipinski definition) is 9. The Hall–Kier alpha value is -2.26. The van der Waals surface area contributed by atoms with Crippen LogP contribution in [-0.4, -0.2) is 85.8 Å². The third-order valence-corrected chi connectivity index (χ3v) is 10.6. The normalized spacial score (nSPS) is 38.0. The zero-order valence-corrected chi connectivity index (χ0v) is 27.5. The van der Waals surface area contributed by atoms with Gasteiger partial charge < -0.3 is 25.4 Å². The van der Waals surface area contributed by atoms with Gasteiger partial charge in [0.2, 0.25) is 11.8 Å². The molecule has 0 aromatic heterocycles. The maximum atomic E-state index is 14.2. The molecule has 14 heteroatoms. The summed E-state index contributed by atoms with van der Waals surface area (Å²) in [5.41, 5.74) is 7.92. The molecule has 246 valence electrons. The third-order valence-electron chi connectivity index (χ3n) is 9.47. The van der Waals surface area contributed by atoms with Crippen molar-refractivity contribution in [2.45, 2.75) is 132 Å². The van der Waals surface area contributed by atoms with Gasteiger partial charge in [-0.1, -0.05) is 53.8 Å². The first-order chi connectivity index (χ1) is 20.9. The van der Waals surface area contributed by atoms with Crippen LogP contribution in [0.5, 0.6) is 0 Å². The van der Waals surface area contributed by atoms with Gasteiger partial charge in [-0.05, 0) is 65.7 Å². The first-order valence-electron chi connectivity index (χ1n) is 16.1. The molecule has 4 fully saturated rings. The number of carboxylic acids is 1. The molecule has 0 spiro atoms. The fourth-order valence-electron chi connectivity index (χ4n) is 6.96. The topological polar surface area (TPSA) is 164 Å². The molecule has 3 heterocycles. The van der Waals surface area contributed by atoms with Crippen molar-refractivity contribution in [3.05, 3.63) is 12.2 Å². The van der Waals surface area contributed by atoms with Gasteiger partial charge in [0.05, 0.1) is 12.2 Å². The first-order valence-corrected chi connectivity index (χ1v) is 17.0. The molecule has 0 radical (unpaired) electrons. The minimum absolute atomic E-state index is 0.0295. The Morgan fingerprint density at radius 3 is 2.59 bits per heavy atom. The number of rotatable bonds is 4. The van der Waals surface area contributed by atoms with E-state index in [1.807, 2.05) is 17.3 Å². The lowest BCUT2D eigenvalue weighted by atomic mass is 9.87. The third kappa shape index (κ3) is 7.57. The highest BCUT2D eigenvalue weighted by Gasteiger charge is 2.61. The van der Waals surface area contributed by atoms with Gasteiger partial charge in [0.15, 0.2) is 0 Å². The quantitative estimate of drug-likeness (QED) is 0.192. The molecule has 5 aliphatic rings. The van der Waals surface area contributed by atoms with Crippen molar-refractivity contribution in [3.63, 3.8) is 0 Å². The number of aliphatic carboxylic acids is 1. The van der Waals surface area contributed by atoms with Gasteiger partial charge in [-0.25, -0.2) is 20.4 Å². The number of allylic oxidation sites excluding steroid dienone is 1. The molecule has 5 rings (SSSR count). The van der Waals surface area contributed by atoms with E-state index in [9.17, 15) is 24.3 Å². The van der Waals surface area contributed by atoms with Crippen LogP contribution >= 0.6 is 15.9 Å². The lowest BCUT2D eigenvalue weighted by Gasteiger charge is -2.32. The molecule has 3 aliphatic heterocycles. The predicted octanol–water partition coefficient (Wildman–Crippen LogP) is 2.44. The standard InChI is InChI=1S/C30H48BrN7O6/c1-29(2,3)44-28(43)32-22-14-8-6-4-5-7-11-18-16-30(18,27(41)42)33-25(39)23-15-19(17-37(23)26(22)40)38-35-24(34-36-38)20-12-9-10-13-21(20)31/h7,11,18-24,34-36H,4-6,8-10,12-17H2,1-3H3,(H,32,43)(H,33,39)(H,41,42)/b11-7-/t18-,19-,20?,21?,22+,23+,24?,30-/m1/s1. The number of alkyl carbamates (subject to hydrolysis) is 1. The summed E-state index contributed by atoms with van der Waals surface area (Å²) in [4.78, 5) is 55.1. The van der Waals surface area contributed by atoms with E-state index in [1.54, 1.807) is 20.8 Å². The summed E-state index contributed by atoms with van der Waals surface area (Å²) < 4.78 is 5.47. The molecule has 8 atom stereocenters. The summed E-state index contributed by atoms with van der Waals surface area (Å²) in [5, 5.41) is 17.5. The smallest absolute Gasteiger partial charge is 0.408 e. The summed E-state index contributed by atoms with van der Waals surface area (Å²) >= 11 is 3.84. The largest absolute Gasteiger partial charge is 0.479 e. The van der Waals surface area contributed by atoms with E-state index < -0.39 is 41.2 Å². The summed E-state index contributed by atoms with van der Waals surface area (Å²) in [5.74, 6) is -1.89. The predicted molar refractivity (Wildman–Crippen MR) is 166 cm³/mol. The van der Waals surface area contributed by atoms with Crippen LogP contribution in [0, 0.1) is 11.8 Å². The van der Waals surface area contributed by atoms with Gasteiger partial charge in [0, 0.05) is 23.2 Å². The highest BCUT2D eigenvalue weighted by molar-refractivity contribution is 9.09. The lowest BCUT2D eigenvalue weighted by Crippen LogP contribution is -2.56. The van der Waals surface area contributed by atoms with Gasteiger partial charge in [-0.15, -0.1) is 0 Å². The summed E-state index contributed by atoms with van der Waals surface area (Å²) in [7, 11) is 0. The first kappa shape index (κ1) is 33.1. The molecule has 0 aromatic rings. The molecule has 2 saturated heterocycles. The molecule has 44 heavy (non-hydrogen) atoms. The Bertz CT molecular complexity index is 1130. The van der Waals surface area contributed by atoms with E-state index in [1.165, 1.54) is 11.3 Å². The van der Waals surface area contributed by atoms with E-state index >= 15 is 0 Å². The summed E-state index contributed by atoms with van der Waals surface area (Å²) in [6.07, 6.45) is 11.9. The Morgan fingerprint density at radius 1 is 1.11 bits per heavy atom. The molecule has 3 unspecified atom stereocenters. The zero-order valence-electron chi connectivity index (χ0n) is 25.9. The molecular formula is C30H48BrN7O6. The molecule has 2 saturated carbocycles. The molecular weight excluding hydrogens is 634 g/mol.